The lowest BCUT2D eigenvalue weighted by Gasteiger charge is -2.36. The van der Waals surface area contributed by atoms with Gasteiger partial charge in [-0.05, 0) is 51.1 Å². The molecule has 0 aromatic heterocycles. The Hall–Kier alpha value is -1.15. The number of carboxylic acids is 1. The summed E-state index contributed by atoms with van der Waals surface area (Å²) in [6.45, 7) is 3.46. The normalized spacial score (nSPS) is 29.4. The smallest absolute Gasteiger partial charge is 0.324 e. The third-order valence-electron chi connectivity index (χ3n) is 4.81. The lowest BCUT2D eigenvalue weighted by atomic mass is 9.97. The molecule has 6 nitrogen and oxygen atoms in total. The number of hydrogen-bond acceptors (Lipinski definition) is 4. The molecule has 0 saturated carbocycles. The van der Waals surface area contributed by atoms with Crippen molar-refractivity contribution in [2.75, 3.05) is 19.6 Å². The Bertz CT molecular complexity index is 735. The third kappa shape index (κ3) is 2.76. The number of carbonyl (C=O) groups is 1. The van der Waals surface area contributed by atoms with Crippen LogP contribution in [0.2, 0.25) is 5.02 Å². The summed E-state index contributed by atoms with van der Waals surface area (Å²) in [5.41, 5.74) is -1.44. The van der Waals surface area contributed by atoms with Crippen molar-refractivity contribution in [1.29, 1.82) is 0 Å². The van der Waals surface area contributed by atoms with Gasteiger partial charge in [0.05, 0.1) is 4.90 Å². The van der Waals surface area contributed by atoms with Crippen molar-refractivity contribution in [2.24, 2.45) is 0 Å². The second-order valence-electron chi connectivity index (χ2n) is 6.32. The number of halogens is 1. The van der Waals surface area contributed by atoms with Gasteiger partial charge in [-0.25, -0.2) is 8.42 Å². The molecule has 2 aliphatic heterocycles. The van der Waals surface area contributed by atoms with E-state index in [4.69, 9.17) is 11.6 Å². The van der Waals surface area contributed by atoms with E-state index in [1.54, 1.807) is 12.1 Å². The number of carboxylic acid groups (broad SMARTS) is 1. The highest BCUT2D eigenvalue weighted by Crippen LogP contribution is 2.38. The largest absolute Gasteiger partial charge is 0.480 e. The molecule has 0 bridgehead atoms. The molecule has 1 N–H and O–H groups in total. The molecule has 2 atom stereocenters. The van der Waals surface area contributed by atoms with Crippen LogP contribution in [0.1, 0.15) is 19.8 Å². The number of sulfonamides is 1. The van der Waals surface area contributed by atoms with Gasteiger partial charge >= 0.3 is 5.97 Å². The molecule has 8 heteroatoms. The number of hydrogen-bond donors (Lipinski definition) is 1. The Kier molecular flexibility index (Phi) is 4.16. The van der Waals surface area contributed by atoms with Gasteiger partial charge in [-0.2, -0.15) is 4.31 Å². The third-order valence-corrected chi connectivity index (χ3v) is 7.03. The lowest BCUT2D eigenvalue weighted by Crippen LogP contribution is -2.50. The Morgan fingerprint density at radius 3 is 2.61 bits per heavy atom. The van der Waals surface area contributed by atoms with Crippen molar-refractivity contribution in [1.82, 2.24) is 9.21 Å². The number of aliphatic carboxylic acids is 1. The van der Waals surface area contributed by atoms with E-state index < -0.39 is 21.5 Å². The molecule has 2 saturated heterocycles. The van der Waals surface area contributed by atoms with Crippen molar-refractivity contribution in [3.63, 3.8) is 0 Å². The van der Waals surface area contributed by atoms with Gasteiger partial charge in [-0.3, -0.25) is 9.69 Å². The van der Waals surface area contributed by atoms with E-state index in [1.165, 1.54) is 19.1 Å². The lowest BCUT2D eigenvalue weighted by molar-refractivity contribution is -0.146. The number of nitrogens with zero attached hydrogens (tertiary/aromatic N) is 2. The van der Waals surface area contributed by atoms with Crippen molar-refractivity contribution in [3.8, 4) is 0 Å². The Labute approximate surface area is 140 Å². The van der Waals surface area contributed by atoms with Crippen LogP contribution in [0.5, 0.6) is 0 Å². The summed E-state index contributed by atoms with van der Waals surface area (Å²) >= 11 is 5.89. The highest BCUT2D eigenvalue weighted by Gasteiger charge is 2.55. The minimum absolute atomic E-state index is 0.0294. The molecule has 2 fully saturated rings. The van der Waals surface area contributed by atoms with E-state index in [9.17, 15) is 18.3 Å². The second-order valence-corrected chi connectivity index (χ2v) is 8.62. The van der Waals surface area contributed by atoms with E-state index in [1.807, 2.05) is 0 Å². The predicted octanol–water partition coefficient (Wildman–Crippen LogP) is 1.65. The summed E-state index contributed by atoms with van der Waals surface area (Å²) in [6, 6.07) is 5.88. The maximum atomic E-state index is 13.0. The van der Waals surface area contributed by atoms with Crippen LogP contribution < -0.4 is 0 Å². The molecule has 2 aliphatic rings. The number of likely N-dealkylation sites (tertiary alicyclic amines) is 1. The van der Waals surface area contributed by atoms with Crippen molar-refractivity contribution < 1.29 is 18.3 Å². The Balaban J connectivity index is 1.99. The molecule has 0 radical (unpaired) electrons. The van der Waals surface area contributed by atoms with E-state index in [0.29, 0.717) is 11.4 Å². The molecule has 1 aromatic carbocycles. The van der Waals surface area contributed by atoms with Gasteiger partial charge < -0.3 is 5.11 Å². The van der Waals surface area contributed by atoms with Crippen LogP contribution in [0.25, 0.3) is 0 Å². The van der Waals surface area contributed by atoms with Crippen molar-refractivity contribution in [2.45, 2.75) is 36.2 Å². The summed E-state index contributed by atoms with van der Waals surface area (Å²) in [7, 11) is -3.92. The first kappa shape index (κ1) is 16.7. The predicted molar refractivity (Wildman–Crippen MR) is 86.0 cm³/mol. The molecule has 0 aliphatic carbocycles. The average molecular weight is 359 g/mol. The fourth-order valence-corrected chi connectivity index (χ4v) is 5.37. The molecular formula is C15H19ClN2O4S. The maximum Gasteiger partial charge on any atom is 0.324 e. The zero-order chi connectivity index (χ0) is 16.8. The molecular weight excluding hydrogens is 340 g/mol. The van der Waals surface area contributed by atoms with Gasteiger partial charge in [0.1, 0.15) is 5.54 Å². The summed E-state index contributed by atoms with van der Waals surface area (Å²) in [4.78, 5) is 14.0. The Morgan fingerprint density at radius 1 is 1.39 bits per heavy atom. The van der Waals surface area contributed by atoms with Gasteiger partial charge in [0.15, 0.2) is 0 Å². The van der Waals surface area contributed by atoms with Crippen LogP contribution in [0, 0.1) is 0 Å². The molecule has 23 heavy (non-hydrogen) atoms. The molecule has 2 heterocycles. The average Bonchev–Trinajstić information content (AvgIpc) is 2.76. The van der Waals surface area contributed by atoms with E-state index in [-0.39, 0.29) is 17.5 Å². The minimum atomic E-state index is -3.92. The first-order valence-electron chi connectivity index (χ1n) is 7.51. The van der Waals surface area contributed by atoms with Crippen LogP contribution in [0.3, 0.4) is 0 Å². The van der Waals surface area contributed by atoms with E-state index in [2.05, 4.69) is 4.90 Å². The number of rotatable bonds is 4. The van der Waals surface area contributed by atoms with Crippen LogP contribution in [-0.2, 0) is 14.8 Å². The Morgan fingerprint density at radius 2 is 2.09 bits per heavy atom. The highest BCUT2D eigenvalue weighted by atomic mass is 35.5. The summed E-state index contributed by atoms with van der Waals surface area (Å²) < 4.78 is 27.1. The van der Waals surface area contributed by atoms with Gasteiger partial charge in [0, 0.05) is 17.6 Å². The SMILES string of the molecule is C[C@@]1(C(=O)O)C[C@@H](N2CCC2)CN1S(=O)(=O)c1cccc(Cl)c1. The maximum absolute atomic E-state index is 13.0. The van der Waals surface area contributed by atoms with Crippen LogP contribution in [0.15, 0.2) is 29.2 Å². The van der Waals surface area contributed by atoms with Gasteiger partial charge in [-0.1, -0.05) is 17.7 Å². The van der Waals surface area contributed by atoms with Gasteiger partial charge in [-0.15, -0.1) is 0 Å². The molecule has 1 aromatic rings. The monoisotopic (exact) mass is 358 g/mol. The first-order valence-corrected chi connectivity index (χ1v) is 9.33. The summed E-state index contributed by atoms with van der Waals surface area (Å²) in [5, 5.41) is 9.95. The minimum Gasteiger partial charge on any atom is -0.480 e. The fourth-order valence-electron chi connectivity index (χ4n) is 3.28. The van der Waals surface area contributed by atoms with Gasteiger partial charge in [0.25, 0.3) is 0 Å². The van der Waals surface area contributed by atoms with Crippen LogP contribution in [-0.4, -0.2) is 59.9 Å². The van der Waals surface area contributed by atoms with E-state index >= 15 is 0 Å². The summed E-state index contributed by atoms with van der Waals surface area (Å²) in [5.74, 6) is -1.12. The highest BCUT2D eigenvalue weighted by molar-refractivity contribution is 7.89. The zero-order valence-corrected chi connectivity index (χ0v) is 14.3. The van der Waals surface area contributed by atoms with E-state index in [0.717, 1.165) is 23.8 Å². The fraction of sp³-hybridized carbons (Fsp3) is 0.533. The van der Waals surface area contributed by atoms with Crippen molar-refractivity contribution >= 4 is 27.6 Å². The first-order chi connectivity index (χ1) is 10.7. The topological polar surface area (TPSA) is 77.9 Å². The molecule has 0 unspecified atom stereocenters. The summed E-state index contributed by atoms with van der Waals surface area (Å²) in [6.07, 6.45) is 1.36. The van der Waals surface area contributed by atoms with Crippen molar-refractivity contribution in [3.05, 3.63) is 29.3 Å². The number of benzene rings is 1. The molecule has 0 spiro atoms. The van der Waals surface area contributed by atoms with Crippen LogP contribution >= 0.6 is 11.6 Å². The second kappa shape index (κ2) is 5.73. The standard InChI is InChI=1S/C15H19ClN2O4S/c1-15(14(19)20)9-12(17-6-3-7-17)10-18(15)23(21,22)13-5-2-4-11(16)8-13/h2,4-5,8,12H,3,6-7,9-10H2,1H3,(H,19,20)/t12-,15+/m1/s1. The molecule has 3 rings (SSSR count). The quantitative estimate of drug-likeness (QED) is 0.885. The zero-order valence-electron chi connectivity index (χ0n) is 12.8. The molecule has 0 amide bonds. The van der Waals surface area contributed by atoms with Gasteiger partial charge in [0.2, 0.25) is 10.0 Å². The van der Waals surface area contributed by atoms with Crippen LogP contribution in [0.4, 0.5) is 0 Å². The molecule has 126 valence electrons.